The fraction of sp³-hybridized carbons (Fsp3) is 0.462. The molecule has 0 aliphatic carbocycles. The Morgan fingerprint density at radius 3 is 3.00 bits per heavy atom. The second-order valence-corrected chi connectivity index (χ2v) is 5.35. The predicted molar refractivity (Wildman–Crippen MR) is 72.1 cm³/mol. The van der Waals surface area contributed by atoms with Gasteiger partial charge in [-0.25, -0.2) is 4.39 Å². The maximum Gasteiger partial charge on any atom is 0.156 e. The van der Waals surface area contributed by atoms with E-state index in [9.17, 15) is 4.39 Å². The first-order chi connectivity index (χ1) is 8.29. The van der Waals surface area contributed by atoms with Crippen LogP contribution < -0.4 is 5.32 Å². The molecule has 0 spiro atoms. The van der Waals surface area contributed by atoms with Crippen LogP contribution in [0.3, 0.4) is 0 Å². The third-order valence-electron chi connectivity index (χ3n) is 2.80. The molecule has 0 bridgehead atoms. The van der Waals surface area contributed by atoms with Gasteiger partial charge in [0.25, 0.3) is 0 Å². The van der Waals surface area contributed by atoms with Crippen LogP contribution in [0.5, 0.6) is 0 Å². The quantitative estimate of drug-likeness (QED) is 0.891. The fourth-order valence-corrected chi connectivity index (χ4v) is 2.70. The molecule has 4 heteroatoms. The van der Waals surface area contributed by atoms with Crippen molar-refractivity contribution in [1.29, 1.82) is 0 Å². The summed E-state index contributed by atoms with van der Waals surface area (Å²) < 4.78 is 13.3. The Bertz CT molecular complexity index is 406. The summed E-state index contributed by atoms with van der Waals surface area (Å²) in [5.74, 6) is -0.123. The van der Waals surface area contributed by atoms with Crippen LogP contribution in [-0.4, -0.2) is 23.5 Å². The monoisotopic (exact) mass is 252 g/mol. The van der Waals surface area contributed by atoms with Crippen LogP contribution >= 0.6 is 11.8 Å². The lowest BCUT2D eigenvalue weighted by molar-refractivity contribution is 0.607. The van der Waals surface area contributed by atoms with E-state index in [1.54, 1.807) is 17.8 Å². The van der Waals surface area contributed by atoms with Gasteiger partial charge in [-0.15, -0.1) is 0 Å². The number of amidine groups is 1. The van der Waals surface area contributed by atoms with Gasteiger partial charge in [0.1, 0.15) is 5.82 Å². The molecule has 0 saturated carbocycles. The van der Waals surface area contributed by atoms with E-state index in [2.05, 4.69) is 17.2 Å². The van der Waals surface area contributed by atoms with Crippen LogP contribution in [0.25, 0.3) is 0 Å². The largest absolute Gasteiger partial charge is 0.365 e. The number of hydrogen-bond donors (Lipinski definition) is 1. The molecule has 17 heavy (non-hydrogen) atoms. The summed E-state index contributed by atoms with van der Waals surface area (Å²) in [6.45, 7) is 3.82. The van der Waals surface area contributed by atoms with Crippen LogP contribution in [0.4, 0.5) is 4.39 Å². The van der Waals surface area contributed by atoms with Crippen molar-refractivity contribution in [3.63, 3.8) is 0 Å². The number of halogens is 1. The van der Waals surface area contributed by atoms with E-state index in [-0.39, 0.29) is 5.82 Å². The minimum absolute atomic E-state index is 0.123. The van der Waals surface area contributed by atoms with Crippen LogP contribution in [0.1, 0.15) is 18.9 Å². The Kier molecular flexibility index (Phi) is 4.42. The highest BCUT2D eigenvalue weighted by Crippen LogP contribution is 2.21. The molecular formula is C13H17FN2S. The number of nitrogens with zero attached hydrogens (tertiary/aromatic N) is 1. The lowest BCUT2D eigenvalue weighted by Gasteiger charge is -2.07. The molecule has 1 N–H and O–H groups in total. The highest BCUT2D eigenvalue weighted by Gasteiger charge is 2.16. The highest BCUT2D eigenvalue weighted by molar-refractivity contribution is 8.14. The van der Waals surface area contributed by atoms with Gasteiger partial charge in [0.2, 0.25) is 0 Å². The molecule has 1 unspecified atom stereocenters. The molecule has 2 rings (SSSR count). The topological polar surface area (TPSA) is 24.4 Å². The molecule has 1 aromatic carbocycles. The van der Waals surface area contributed by atoms with Gasteiger partial charge in [0, 0.05) is 11.8 Å². The number of nitrogens with one attached hydrogen (secondary N) is 1. The molecule has 92 valence electrons. The molecule has 2 nitrogen and oxygen atoms in total. The van der Waals surface area contributed by atoms with Crippen molar-refractivity contribution in [2.75, 3.05) is 13.1 Å². The van der Waals surface area contributed by atoms with E-state index in [4.69, 9.17) is 0 Å². The van der Waals surface area contributed by atoms with E-state index in [0.717, 1.165) is 30.2 Å². The SMILES string of the molecule is CCC1CN=C(NCCc2ccccc2F)S1. The molecule has 0 saturated heterocycles. The molecular weight excluding hydrogens is 235 g/mol. The number of hydrogen-bond acceptors (Lipinski definition) is 3. The predicted octanol–water partition coefficient (Wildman–Crippen LogP) is 2.84. The summed E-state index contributed by atoms with van der Waals surface area (Å²) in [6.07, 6.45) is 1.84. The molecule has 1 heterocycles. The van der Waals surface area contributed by atoms with Crippen LogP contribution in [-0.2, 0) is 6.42 Å². The summed E-state index contributed by atoms with van der Waals surface area (Å²) in [5, 5.41) is 4.89. The average molecular weight is 252 g/mol. The van der Waals surface area contributed by atoms with Crippen molar-refractivity contribution in [2.45, 2.75) is 25.0 Å². The fourth-order valence-electron chi connectivity index (χ4n) is 1.73. The summed E-state index contributed by atoms with van der Waals surface area (Å²) in [4.78, 5) is 4.42. The standard InChI is InChI=1S/C13H17FN2S/c1-2-11-9-16-13(17-11)15-8-7-10-5-3-4-6-12(10)14/h3-6,11H,2,7-9H2,1H3,(H,15,16). The van der Waals surface area contributed by atoms with Crippen molar-refractivity contribution in [3.05, 3.63) is 35.6 Å². The third kappa shape index (κ3) is 3.46. The first kappa shape index (κ1) is 12.4. The Hall–Kier alpha value is -1.03. The van der Waals surface area contributed by atoms with Crippen molar-refractivity contribution in [2.24, 2.45) is 4.99 Å². The van der Waals surface area contributed by atoms with E-state index in [0.29, 0.717) is 11.7 Å². The van der Waals surface area contributed by atoms with Gasteiger partial charge in [-0.3, -0.25) is 4.99 Å². The minimum atomic E-state index is -0.123. The second kappa shape index (κ2) is 6.05. The van der Waals surface area contributed by atoms with Crippen molar-refractivity contribution < 1.29 is 4.39 Å². The van der Waals surface area contributed by atoms with Crippen LogP contribution in [0.15, 0.2) is 29.3 Å². The first-order valence-corrected chi connectivity index (χ1v) is 6.86. The Morgan fingerprint density at radius 2 is 2.29 bits per heavy atom. The zero-order chi connectivity index (χ0) is 12.1. The number of benzene rings is 1. The molecule has 1 aliphatic rings. The Labute approximate surface area is 106 Å². The molecule has 0 amide bonds. The maximum absolute atomic E-state index is 13.3. The Morgan fingerprint density at radius 1 is 1.47 bits per heavy atom. The minimum Gasteiger partial charge on any atom is -0.365 e. The highest BCUT2D eigenvalue weighted by atomic mass is 32.2. The number of aliphatic imine (C=N–C) groups is 1. The third-order valence-corrected chi connectivity index (χ3v) is 4.11. The number of thioether (sulfide) groups is 1. The van der Waals surface area contributed by atoms with Crippen molar-refractivity contribution in [1.82, 2.24) is 5.32 Å². The Balaban J connectivity index is 1.76. The molecule has 0 radical (unpaired) electrons. The van der Waals surface area contributed by atoms with Crippen molar-refractivity contribution >= 4 is 16.9 Å². The molecule has 1 aromatic rings. The van der Waals surface area contributed by atoms with Gasteiger partial charge >= 0.3 is 0 Å². The lowest BCUT2D eigenvalue weighted by Crippen LogP contribution is -2.22. The van der Waals surface area contributed by atoms with Gasteiger partial charge in [0.15, 0.2) is 5.17 Å². The number of rotatable bonds is 4. The molecule has 0 fully saturated rings. The van der Waals surface area contributed by atoms with E-state index in [1.165, 1.54) is 6.07 Å². The summed E-state index contributed by atoms with van der Waals surface area (Å²) in [5.41, 5.74) is 0.760. The summed E-state index contributed by atoms with van der Waals surface area (Å²) in [7, 11) is 0. The van der Waals surface area contributed by atoms with E-state index >= 15 is 0 Å². The van der Waals surface area contributed by atoms with Gasteiger partial charge < -0.3 is 5.32 Å². The zero-order valence-corrected chi connectivity index (χ0v) is 10.8. The van der Waals surface area contributed by atoms with E-state index < -0.39 is 0 Å². The van der Waals surface area contributed by atoms with Gasteiger partial charge in [-0.2, -0.15) is 0 Å². The summed E-state index contributed by atoms with van der Waals surface area (Å²) >= 11 is 1.80. The van der Waals surface area contributed by atoms with Gasteiger partial charge in [0.05, 0.1) is 6.54 Å². The van der Waals surface area contributed by atoms with Crippen molar-refractivity contribution in [3.8, 4) is 0 Å². The molecule has 1 atom stereocenters. The second-order valence-electron chi connectivity index (χ2n) is 4.06. The van der Waals surface area contributed by atoms with Gasteiger partial charge in [-0.1, -0.05) is 36.9 Å². The van der Waals surface area contributed by atoms with E-state index in [1.807, 2.05) is 12.1 Å². The normalized spacial score (nSPS) is 19.2. The van der Waals surface area contributed by atoms with Crippen LogP contribution in [0.2, 0.25) is 0 Å². The smallest absolute Gasteiger partial charge is 0.156 e. The van der Waals surface area contributed by atoms with Crippen LogP contribution in [0, 0.1) is 5.82 Å². The maximum atomic E-state index is 13.3. The summed E-state index contributed by atoms with van der Waals surface area (Å²) in [6, 6.07) is 6.92. The average Bonchev–Trinajstić information content (AvgIpc) is 2.80. The zero-order valence-electron chi connectivity index (χ0n) is 9.95. The van der Waals surface area contributed by atoms with Gasteiger partial charge in [-0.05, 0) is 24.5 Å². The lowest BCUT2D eigenvalue weighted by atomic mass is 10.1. The molecule has 1 aliphatic heterocycles. The first-order valence-electron chi connectivity index (χ1n) is 5.98. The molecule has 0 aromatic heterocycles.